The molecule has 0 radical (unpaired) electrons. The highest BCUT2D eigenvalue weighted by Gasteiger charge is 2.02. The molecule has 1 aromatic rings. The topological polar surface area (TPSA) is 64.3 Å². The van der Waals surface area contributed by atoms with E-state index in [4.69, 9.17) is 10.5 Å². The van der Waals surface area contributed by atoms with Crippen LogP contribution in [0.5, 0.6) is 5.75 Å². The van der Waals surface area contributed by atoms with E-state index in [1.807, 2.05) is 38.1 Å². The Kier molecular flexibility index (Phi) is 8.16. The number of hydrogen-bond acceptors (Lipinski definition) is 3. The summed E-state index contributed by atoms with van der Waals surface area (Å²) in [5.74, 6) is 0.799. The van der Waals surface area contributed by atoms with Crippen LogP contribution in [0.1, 0.15) is 26.7 Å². The van der Waals surface area contributed by atoms with E-state index in [0.717, 1.165) is 11.4 Å². The van der Waals surface area contributed by atoms with Crippen molar-refractivity contribution in [2.24, 2.45) is 5.73 Å². The third kappa shape index (κ3) is 6.47. The predicted molar refractivity (Wildman–Crippen MR) is 76.4 cm³/mol. The normalized spacial score (nSPS) is 9.78. The maximum atomic E-state index is 11.4. The zero-order valence-electron chi connectivity index (χ0n) is 10.8. The number of carbonyl (C=O) groups excluding carboxylic acids is 1. The number of nitrogens with one attached hydrogen (secondary N) is 1. The van der Waals surface area contributed by atoms with Crippen LogP contribution in [-0.4, -0.2) is 18.6 Å². The molecule has 5 heteroatoms. The van der Waals surface area contributed by atoms with E-state index in [0.29, 0.717) is 19.4 Å². The van der Waals surface area contributed by atoms with Crippen LogP contribution >= 0.6 is 12.4 Å². The van der Waals surface area contributed by atoms with Gasteiger partial charge in [-0.25, -0.2) is 0 Å². The SMILES string of the molecule is CC(C)Oc1ccc(NC(=O)CCCN)cc1.Cl. The van der Waals surface area contributed by atoms with Crippen LogP contribution in [0, 0.1) is 0 Å². The number of halogens is 1. The average molecular weight is 273 g/mol. The number of carbonyl (C=O) groups is 1. The highest BCUT2D eigenvalue weighted by Crippen LogP contribution is 2.17. The van der Waals surface area contributed by atoms with Gasteiger partial charge >= 0.3 is 0 Å². The van der Waals surface area contributed by atoms with Gasteiger partial charge < -0.3 is 15.8 Å². The van der Waals surface area contributed by atoms with Gasteiger partial charge in [0.1, 0.15) is 5.75 Å². The summed E-state index contributed by atoms with van der Waals surface area (Å²) in [5, 5.41) is 2.81. The van der Waals surface area contributed by atoms with Crippen LogP contribution in [0.4, 0.5) is 5.69 Å². The van der Waals surface area contributed by atoms with Gasteiger partial charge in [0.2, 0.25) is 5.91 Å². The number of amides is 1. The van der Waals surface area contributed by atoms with Crippen LogP contribution in [0.3, 0.4) is 0 Å². The largest absolute Gasteiger partial charge is 0.491 e. The van der Waals surface area contributed by atoms with Crippen LogP contribution in [0.15, 0.2) is 24.3 Å². The lowest BCUT2D eigenvalue weighted by Gasteiger charge is -2.10. The first-order chi connectivity index (χ1) is 8.11. The minimum absolute atomic E-state index is 0. The first-order valence-corrected chi connectivity index (χ1v) is 5.88. The van der Waals surface area contributed by atoms with E-state index in [2.05, 4.69) is 5.32 Å². The second-order valence-corrected chi connectivity index (χ2v) is 4.13. The number of anilines is 1. The van der Waals surface area contributed by atoms with Crippen molar-refractivity contribution in [2.45, 2.75) is 32.8 Å². The summed E-state index contributed by atoms with van der Waals surface area (Å²) in [7, 11) is 0. The summed E-state index contributed by atoms with van der Waals surface area (Å²) in [6.45, 7) is 4.49. The Balaban J connectivity index is 0.00000289. The quantitative estimate of drug-likeness (QED) is 0.837. The zero-order valence-corrected chi connectivity index (χ0v) is 11.6. The number of hydrogen-bond donors (Lipinski definition) is 2. The molecule has 0 saturated heterocycles. The lowest BCUT2D eigenvalue weighted by Crippen LogP contribution is -2.13. The third-order valence-corrected chi connectivity index (χ3v) is 2.12. The van der Waals surface area contributed by atoms with Crippen molar-refractivity contribution in [1.29, 1.82) is 0 Å². The van der Waals surface area contributed by atoms with Crippen molar-refractivity contribution in [2.75, 3.05) is 11.9 Å². The molecule has 0 spiro atoms. The Hall–Kier alpha value is -1.26. The summed E-state index contributed by atoms with van der Waals surface area (Å²) >= 11 is 0. The molecule has 1 rings (SSSR count). The van der Waals surface area contributed by atoms with Gasteiger partial charge in [0.15, 0.2) is 0 Å². The van der Waals surface area contributed by atoms with Gasteiger partial charge in [-0.05, 0) is 51.1 Å². The van der Waals surface area contributed by atoms with Gasteiger partial charge in [-0.15, -0.1) is 12.4 Å². The van der Waals surface area contributed by atoms with E-state index in [-0.39, 0.29) is 24.4 Å². The Labute approximate surface area is 114 Å². The maximum Gasteiger partial charge on any atom is 0.224 e. The van der Waals surface area contributed by atoms with Gasteiger partial charge in [-0.2, -0.15) is 0 Å². The molecule has 0 saturated carbocycles. The van der Waals surface area contributed by atoms with Crippen LogP contribution in [0.2, 0.25) is 0 Å². The van der Waals surface area contributed by atoms with Gasteiger partial charge in [-0.3, -0.25) is 4.79 Å². The summed E-state index contributed by atoms with van der Waals surface area (Å²) in [6, 6.07) is 7.35. The van der Waals surface area contributed by atoms with Crippen molar-refractivity contribution in [3.63, 3.8) is 0 Å². The van der Waals surface area contributed by atoms with Gasteiger partial charge in [-0.1, -0.05) is 0 Å². The number of ether oxygens (including phenoxy) is 1. The molecular formula is C13H21ClN2O2. The molecule has 3 N–H and O–H groups in total. The minimum atomic E-state index is -0.00650. The smallest absolute Gasteiger partial charge is 0.224 e. The number of nitrogens with two attached hydrogens (primary N) is 1. The van der Waals surface area contributed by atoms with Gasteiger partial charge in [0.05, 0.1) is 6.10 Å². The van der Waals surface area contributed by atoms with E-state index in [9.17, 15) is 4.79 Å². The molecule has 1 aromatic carbocycles. The molecule has 0 aliphatic rings. The van der Waals surface area contributed by atoms with E-state index in [1.54, 1.807) is 0 Å². The molecular weight excluding hydrogens is 252 g/mol. The number of benzene rings is 1. The standard InChI is InChI=1S/C13H20N2O2.ClH/c1-10(2)17-12-7-5-11(6-8-12)15-13(16)4-3-9-14;/h5-8,10H,3-4,9,14H2,1-2H3,(H,15,16);1H. The first kappa shape index (κ1) is 16.7. The van der Waals surface area contributed by atoms with Crippen molar-refractivity contribution in [3.05, 3.63) is 24.3 Å². The summed E-state index contributed by atoms with van der Waals surface area (Å²) in [4.78, 5) is 11.4. The molecule has 0 unspecified atom stereocenters. The Morgan fingerprint density at radius 2 is 1.94 bits per heavy atom. The highest BCUT2D eigenvalue weighted by molar-refractivity contribution is 5.90. The van der Waals surface area contributed by atoms with Crippen LogP contribution in [0.25, 0.3) is 0 Å². The molecule has 1 amide bonds. The molecule has 0 aliphatic carbocycles. The van der Waals surface area contributed by atoms with Crippen molar-refractivity contribution >= 4 is 24.0 Å². The minimum Gasteiger partial charge on any atom is -0.491 e. The predicted octanol–water partition coefficient (Wildman–Crippen LogP) is 2.57. The molecule has 4 nitrogen and oxygen atoms in total. The fraction of sp³-hybridized carbons (Fsp3) is 0.462. The summed E-state index contributed by atoms with van der Waals surface area (Å²) in [6.07, 6.45) is 1.32. The lowest BCUT2D eigenvalue weighted by molar-refractivity contribution is -0.116. The fourth-order valence-corrected chi connectivity index (χ4v) is 1.38. The van der Waals surface area contributed by atoms with Crippen molar-refractivity contribution < 1.29 is 9.53 Å². The second kappa shape index (κ2) is 8.78. The maximum absolute atomic E-state index is 11.4. The molecule has 0 atom stereocenters. The average Bonchev–Trinajstić information content (AvgIpc) is 2.28. The summed E-state index contributed by atoms with van der Waals surface area (Å²) in [5.41, 5.74) is 6.12. The second-order valence-electron chi connectivity index (χ2n) is 4.13. The van der Waals surface area contributed by atoms with Crippen LogP contribution in [-0.2, 0) is 4.79 Å². The third-order valence-electron chi connectivity index (χ3n) is 2.12. The Bertz CT molecular complexity index is 353. The van der Waals surface area contributed by atoms with E-state index in [1.165, 1.54) is 0 Å². The molecule has 0 bridgehead atoms. The van der Waals surface area contributed by atoms with Crippen LogP contribution < -0.4 is 15.8 Å². The molecule has 0 aromatic heterocycles. The molecule has 0 heterocycles. The molecule has 0 fully saturated rings. The molecule has 0 aliphatic heterocycles. The first-order valence-electron chi connectivity index (χ1n) is 5.88. The van der Waals surface area contributed by atoms with Gasteiger partial charge in [0, 0.05) is 12.1 Å². The van der Waals surface area contributed by atoms with Crippen molar-refractivity contribution in [3.8, 4) is 5.75 Å². The molecule has 102 valence electrons. The summed E-state index contributed by atoms with van der Waals surface area (Å²) < 4.78 is 5.51. The molecule has 18 heavy (non-hydrogen) atoms. The lowest BCUT2D eigenvalue weighted by atomic mass is 10.2. The Morgan fingerprint density at radius 3 is 2.44 bits per heavy atom. The highest BCUT2D eigenvalue weighted by atomic mass is 35.5. The zero-order chi connectivity index (χ0) is 12.7. The van der Waals surface area contributed by atoms with Gasteiger partial charge in [0.25, 0.3) is 0 Å². The number of rotatable bonds is 6. The van der Waals surface area contributed by atoms with Crippen molar-refractivity contribution in [1.82, 2.24) is 0 Å². The Morgan fingerprint density at radius 1 is 1.33 bits per heavy atom. The monoisotopic (exact) mass is 272 g/mol. The fourth-order valence-electron chi connectivity index (χ4n) is 1.38. The van der Waals surface area contributed by atoms with E-state index >= 15 is 0 Å². The van der Waals surface area contributed by atoms with E-state index < -0.39 is 0 Å².